The van der Waals surface area contributed by atoms with Gasteiger partial charge in [0.05, 0.1) is 7.11 Å². The first-order chi connectivity index (χ1) is 8.27. The smallest absolute Gasteiger partial charge is 0.237 e. The SMILES string of the molecule is COc1nccc(C(C)C)c1NC(=O)C(C)(C)C. The van der Waals surface area contributed by atoms with Crippen LogP contribution in [0.1, 0.15) is 46.1 Å². The number of carbonyl (C=O) groups is 1. The average molecular weight is 250 g/mol. The highest BCUT2D eigenvalue weighted by atomic mass is 16.5. The minimum Gasteiger partial charge on any atom is -0.480 e. The van der Waals surface area contributed by atoms with Gasteiger partial charge in [-0.2, -0.15) is 0 Å². The molecule has 0 saturated heterocycles. The van der Waals surface area contributed by atoms with E-state index in [1.54, 1.807) is 13.3 Å². The van der Waals surface area contributed by atoms with E-state index in [1.165, 1.54) is 0 Å². The number of methoxy groups -OCH3 is 1. The molecule has 0 unspecified atom stereocenters. The van der Waals surface area contributed by atoms with Gasteiger partial charge in [-0.15, -0.1) is 0 Å². The van der Waals surface area contributed by atoms with E-state index < -0.39 is 5.41 Å². The van der Waals surface area contributed by atoms with Gasteiger partial charge in [0.2, 0.25) is 11.8 Å². The highest BCUT2D eigenvalue weighted by molar-refractivity contribution is 5.96. The minimum absolute atomic E-state index is 0.0456. The molecule has 1 aromatic heterocycles. The molecule has 0 fully saturated rings. The Morgan fingerprint density at radius 3 is 2.44 bits per heavy atom. The molecule has 1 N–H and O–H groups in total. The maximum atomic E-state index is 12.1. The zero-order valence-electron chi connectivity index (χ0n) is 12.0. The predicted molar refractivity (Wildman–Crippen MR) is 73.0 cm³/mol. The molecule has 0 aliphatic rings. The maximum absolute atomic E-state index is 12.1. The van der Waals surface area contributed by atoms with E-state index in [-0.39, 0.29) is 11.8 Å². The second kappa shape index (κ2) is 5.38. The van der Waals surface area contributed by atoms with Gasteiger partial charge in [-0.1, -0.05) is 34.6 Å². The number of hydrogen-bond donors (Lipinski definition) is 1. The lowest BCUT2D eigenvalue weighted by molar-refractivity contribution is -0.123. The quantitative estimate of drug-likeness (QED) is 0.896. The Morgan fingerprint density at radius 1 is 1.39 bits per heavy atom. The van der Waals surface area contributed by atoms with E-state index >= 15 is 0 Å². The number of amides is 1. The molecule has 0 radical (unpaired) electrons. The molecule has 0 atom stereocenters. The first kappa shape index (κ1) is 14.5. The van der Waals surface area contributed by atoms with Crippen LogP contribution in [-0.4, -0.2) is 18.0 Å². The number of anilines is 1. The lowest BCUT2D eigenvalue weighted by atomic mass is 9.95. The fraction of sp³-hybridized carbons (Fsp3) is 0.571. The van der Waals surface area contributed by atoms with Crippen LogP contribution in [0.2, 0.25) is 0 Å². The van der Waals surface area contributed by atoms with Crippen LogP contribution in [0.5, 0.6) is 5.88 Å². The summed E-state index contributed by atoms with van der Waals surface area (Å²) in [5.74, 6) is 0.701. The molecule has 0 aliphatic heterocycles. The Hall–Kier alpha value is -1.58. The van der Waals surface area contributed by atoms with Gasteiger partial charge in [-0.25, -0.2) is 4.98 Å². The summed E-state index contributed by atoms with van der Waals surface area (Å²) in [5, 5.41) is 2.92. The van der Waals surface area contributed by atoms with E-state index in [0.29, 0.717) is 11.6 Å². The molecule has 1 amide bonds. The van der Waals surface area contributed by atoms with Crippen molar-refractivity contribution in [2.24, 2.45) is 5.41 Å². The zero-order valence-corrected chi connectivity index (χ0v) is 12.0. The number of ether oxygens (including phenoxy) is 1. The normalized spacial score (nSPS) is 11.5. The van der Waals surface area contributed by atoms with Crippen LogP contribution < -0.4 is 10.1 Å². The van der Waals surface area contributed by atoms with Gasteiger partial charge >= 0.3 is 0 Å². The van der Waals surface area contributed by atoms with Gasteiger partial charge in [0.25, 0.3) is 0 Å². The van der Waals surface area contributed by atoms with Crippen molar-refractivity contribution in [1.29, 1.82) is 0 Å². The van der Waals surface area contributed by atoms with Crippen LogP contribution in [0.25, 0.3) is 0 Å². The summed E-state index contributed by atoms with van der Waals surface area (Å²) < 4.78 is 5.22. The van der Waals surface area contributed by atoms with Crippen molar-refractivity contribution >= 4 is 11.6 Å². The molecule has 0 saturated carbocycles. The Bertz CT molecular complexity index is 434. The molecule has 4 nitrogen and oxygen atoms in total. The van der Waals surface area contributed by atoms with Crippen molar-refractivity contribution in [2.45, 2.75) is 40.5 Å². The first-order valence-electron chi connectivity index (χ1n) is 6.11. The third-order valence-corrected chi connectivity index (χ3v) is 2.68. The number of nitrogens with zero attached hydrogens (tertiary/aromatic N) is 1. The van der Waals surface area contributed by atoms with Crippen molar-refractivity contribution in [3.8, 4) is 5.88 Å². The third-order valence-electron chi connectivity index (χ3n) is 2.68. The fourth-order valence-corrected chi connectivity index (χ4v) is 1.52. The monoisotopic (exact) mass is 250 g/mol. The Balaban J connectivity index is 3.17. The summed E-state index contributed by atoms with van der Waals surface area (Å²) in [5.41, 5.74) is 1.25. The largest absolute Gasteiger partial charge is 0.480 e. The zero-order chi connectivity index (χ0) is 13.9. The van der Waals surface area contributed by atoms with Crippen LogP contribution in [0.3, 0.4) is 0 Å². The number of carbonyl (C=O) groups excluding carboxylic acids is 1. The summed E-state index contributed by atoms with van der Waals surface area (Å²) in [6.07, 6.45) is 1.70. The fourth-order valence-electron chi connectivity index (χ4n) is 1.52. The lowest BCUT2D eigenvalue weighted by Crippen LogP contribution is -2.28. The number of hydrogen-bond acceptors (Lipinski definition) is 3. The lowest BCUT2D eigenvalue weighted by Gasteiger charge is -2.21. The van der Waals surface area contributed by atoms with Crippen LogP contribution in [0.15, 0.2) is 12.3 Å². The van der Waals surface area contributed by atoms with E-state index in [9.17, 15) is 4.79 Å². The van der Waals surface area contributed by atoms with Gasteiger partial charge in [0.1, 0.15) is 5.69 Å². The molecule has 100 valence electrons. The van der Waals surface area contributed by atoms with Crippen molar-refractivity contribution in [1.82, 2.24) is 4.98 Å². The van der Waals surface area contributed by atoms with E-state index in [2.05, 4.69) is 24.1 Å². The Kier molecular flexibility index (Phi) is 4.33. The van der Waals surface area contributed by atoms with Crippen LogP contribution >= 0.6 is 0 Å². The number of rotatable bonds is 3. The van der Waals surface area contributed by atoms with Crippen molar-refractivity contribution in [3.63, 3.8) is 0 Å². The van der Waals surface area contributed by atoms with Crippen molar-refractivity contribution in [3.05, 3.63) is 17.8 Å². The molecule has 0 aromatic carbocycles. The molecule has 0 bridgehead atoms. The molecule has 1 rings (SSSR count). The number of nitrogens with one attached hydrogen (secondary N) is 1. The second-order valence-corrected chi connectivity index (χ2v) is 5.64. The first-order valence-corrected chi connectivity index (χ1v) is 6.11. The van der Waals surface area contributed by atoms with Crippen LogP contribution in [0, 0.1) is 5.41 Å². The van der Waals surface area contributed by atoms with Gasteiger partial charge in [0, 0.05) is 11.6 Å². The molecule has 18 heavy (non-hydrogen) atoms. The van der Waals surface area contributed by atoms with E-state index in [1.807, 2.05) is 26.8 Å². The van der Waals surface area contributed by atoms with Gasteiger partial charge < -0.3 is 10.1 Å². The predicted octanol–water partition coefficient (Wildman–Crippen LogP) is 3.20. The molecule has 0 spiro atoms. The van der Waals surface area contributed by atoms with Gasteiger partial charge in [-0.3, -0.25) is 4.79 Å². The molecule has 0 aliphatic carbocycles. The van der Waals surface area contributed by atoms with Crippen molar-refractivity contribution in [2.75, 3.05) is 12.4 Å². The summed E-state index contributed by atoms with van der Waals surface area (Å²) >= 11 is 0. The molecule has 4 heteroatoms. The number of pyridine rings is 1. The second-order valence-electron chi connectivity index (χ2n) is 5.64. The summed E-state index contributed by atoms with van der Waals surface area (Å²) in [6.45, 7) is 9.77. The van der Waals surface area contributed by atoms with Crippen LogP contribution in [0.4, 0.5) is 5.69 Å². The molecular weight excluding hydrogens is 228 g/mol. The summed E-state index contributed by atoms with van der Waals surface area (Å²) in [4.78, 5) is 16.2. The van der Waals surface area contributed by atoms with E-state index in [0.717, 1.165) is 5.56 Å². The maximum Gasteiger partial charge on any atom is 0.237 e. The highest BCUT2D eigenvalue weighted by Crippen LogP contribution is 2.32. The third kappa shape index (κ3) is 3.22. The summed E-state index contributed by atoms with van der Waals surface area (Å²) in [7, 11) is 1.55. The van der Waals surface area contributed by atoms with Gasteiger partial charge in [-0.05, 0) is 17.5 Å². The Morgan fingerprint density at radius 2 is 2.00 bits per heavy atom. The van der Waals surface area contributed by atoms with Crippen molar-refractivity contribution < 1.29 is 9.53 Å². The molecule has 1 aromatic rings. The van der Waals surface area contributed by atoms with Crippen LogP contribution in [-0.2, 0) is 4.79 Å². The van der Waals surface area contributed by atoms with Gasteiger partial charge in [0.15, 0.2) is 0 Å². The Labute approximate surface area is 109 Å². The molecule has 1 heterocycles. The minimum atomic E-state index is -0.449. The average Bonchev–Trinajstić information content (AvgIpc) is 2.27. The topological polar surface area (TPSA) is 51.2 Å². The number of aromatic nitrogens is 1. The highest BCUT2D eigenvalue weighted by Gasteiger charge is 2.24. The standard InChI is InChI=1S/C14H22N2O2/c1-9(2)10-7-8-15-12(18-6)11(10)16-13(17)14(3,4)5/h7-9H,1-6H3,(H,16,17). The summed E-state index contributed by atoms with van der Waals surface area (Å²) in [6, 6.07) is 1.91. The van der Waals surface area contributed by atoms with E-state index in [4.69, 9.17) is 4.74 Å². The molecular formula is C14H22N2O2.